The zero-order valence-corrected chi connectivity index (χ0v) is 10.5. The van der Waals surface area contributed by atoms with Gasteiger partial charge >= 0.3 is 5.97 Å². The molecule has 0 amide bonds. The fourth-order valence-electron chi connectivity index (χ4n) is 2.36. The third-order valence-electron chi connectivity index (χ3n) is 3.29. The predicted octanol–water partition coefficient (Wildman–Crippen LogP) is 3.00. The van der Waals surface area contributed by atoms with Gasteiger partial charge in [-0.1, -0.05) is 19.4 Å². The highest BCUT2D eigenvalue weighted by Crippen LogP contribution is 2.27. The molecule has 1 N–H and O–H groups in total. The van der Waals surface area contributed by atoms with Crippen molar-refractivity contribution in [2.24, 2.45) is 0 Å². The van der Waals surface area contributed by atoms with Crippen molar-refractivity contribution in [2.45, 2.75) is 38.6 Å². The molecule has 0 fully saturated rings. The van der Waals surface area contributed by atoms with Crippen LogP contribution < -0.4 is 5.32 Å². The molecule has 1 unspecified atom stereocenters. The van der Waals surface area contributed by atoms with Gasteiger partial charge in [-0.25, -0.2) is 4.79 Å². The van der Waals surface area contributed by atoms with Crippen molar-refractivity contribution >= 4 is 11.7 Å². The normalized spacial score (nSPS) is 18.1. The van der Waals surface area contributed by atoms with Crippen LogP contribution in [0.1, 0.15) is 42.1 Å². The number of anilines is 1. The smallest absolute Gasteiger partial charge is 0.337 e. The lowest BCUT2D eigenvalue weighted by atomic mass is 9.94. The Bertz CT molecular complexity index is 415. The van der Waals surface area contributed by atoms with Crippen LogP contribution in [0.15, 0.2) is 18.2 Å². The Labute approximate surface area is 102 Å². The molecular weight excluding hydrogens is 214 g/mol. The number of nitrogens with one attached hydrogen (secondary N) is 1. The van der Waals surface area contributed by atoms with Crippen molar-refractivity contribution in [1.29, 1.82) is 0 Å². The van der Waals surface area contributed by atoms with E-state index in [1.807, 2.05) is 18.2 Å². The average molecular weight is 233 g/mol. The van der Waals surface area contributed by atoms with Gasteiger partial charge in [0.25, 0.3) is 0 Å². The Hall–Kier alpha value is -1.51. The molecule has 92 valence electrons. The van der Waals surface area contributed by atoms with Gasteiger partial charge < -0.3 is 10.1 Å². The van der Waals surface area contributed by atoms with E-state index in [-0.39, 0.29) is 5.97 Å². The monoisotopic (exact) mass is 233 g/mol. The molecule has 0 saturated carbocycles. The molecule has 2 rings (SSSR count). The molecule has 17 heavy (non-hydrogen) atoms. The van der Waals surface area contributed by atoms with Crippen LogP contribution in [0.3, 0.4) is 0 Å². The van der Waals surface area contributed by atoms with Gasteiger partial charge in [-0.3, -0.25) is 0 Å². The zero-order valence-electron chi connectivity index (χ0n) is 10.5. The van der Waals surface area contributed by atoms with Gasteiger partial charge in [0.2, 0.25) is 0 Å². The standard InChI is InChI=1S/C14H19NO2/c1-3-4-12-8-7-10-5-6-11(14(16)17-2)9-13(10)15-12/h5-6,9,12,15H,3-4,7-8H2,1-2H3. The lowest BCUT2D eigenvalue weighted by Crippen LogP contribution is -2.25. The third-order valence-corrected chi connectivity index (χ3v) is 3.29. The summed E-state index contributed by atoms with van der Waals surface area (Å²) in [5.74, 6) is -0.271. The maximum absolute atomic E-state index is 11.5. The van der Waals surface area contributed by atoms with Gasteiger partial charge in [0.1, 0.15) is 0 Å². The van der Waals surface area contributed by atoms with Crippen molar-refractivity contribution < 1.29 is 9.53 Å². The number of benzene rings is 1. The number of ether oxygens (including phenoxy) is 1. The van der Waals surface area contributed by atoms with Crippen LogP contribution in [0.25, 0.3) is 0 Å². The SMILES string of the molecule is CCCC1CCc2ccc(C(=O)OC)cc2N1. The summed E-state index contributed by atoms with van der Waals surface area (Å²) < 4.78 is 4.73. The summed E-state index contributed by atoms with van der Waals surface area (Å²) in [5.41, 5.74) is 3.01. The molecule has 1 aromatic carbocycles. The van der Waals surface area contributed by atoms with E-state index >= 15 is 0 Å². The van der Waals surface area contributed by atoms with E-state index in [0.717, 1.165) is 12.1 Å². The fraction of sp³-hybridized carbons (Fsp3) is 0.500. The summed E-state index contributed by atoms with van der Waals surface area (Å²) in [6.07, 6.45) is 4.64. The van der Waals surface area contributed by atoms with Crippen LogP contribution >= 0.6 is 0 Å². The number of hydrogen-bond acceptors (Lipinski definition) is 3. The molecule has 1 heterocycles. The molecule has 1 atom stereocenters. The molecule has 1 aliphatic rings. The van der Waals surface area contributed by atoms with E-state index in [4.69, 9.17) is 4.74 Å². The first kappa shape index (κ1) is 12.0. The topological polar surface area (TPSA) is 38.3 Å². The van der Waals surface area contributed by atoms with Crippen LogP contribution in [-0.4, -0.2) is 19.1 Å². The summed E-state index contributed by atoms with van der Waals surface area (Å²) in [4.78, 5) is 11.5. The molecule has 1 aromatic rings. The number of carbonyl (C=O) groups excluding carboxylic acids is 1. The number of rotatable bonds is 3. The largest absolute Gasteiger partial charge is 0.465 e. The highest BCUT2D eigenvalue weighted by atomic mass is 16.5. The van der Waals surface area contributed by atoms with Gasteiger partial charge in [-0.15, -0.1) is 0 Å². The molecule has 3 nitrogen and oxygen atoms in total. The van der Waals surface area contributed by atoms with Crippen molar-refractivity contribution in [1.82, 2.24) is 0 Å². The summed E-state index contributed by atoms with van der Waals surface area (Å²) in [7, 11) is 1.41. The second-order valence-corrected chi connectivity index (χ2v) is 4.53. The van der Waals surface area contributed by atoms with Crippen molar-refractivity contribution in [3.05, 3.63) is 29.3 Å². The molecule has 1 aliphatic heterocycles. The van der Waals surface area contributed by atoms with E-state index < -0.39 is 0 Å². The highest BCUT2D eigenvalue weighted by Gasteiger charge is 2.18. The number of aryl methyl sites for hydroxylation is 1. The number of carbonyl (C=O) groups is 1. The molecular formula is C14H19NO2. The van der Waals surface area contributed by atoms with Gasteiger partial charge in [0.15, 0.2) is 0 Å². The molecule has 3 heteroatoms. The first-order chi connectivity index (χ1) is 8.24. The summed E-state index contributed by atoms with van der Waals surface area (Å²) in [6, 6.07) is 6.31. The Morgan fingerprint density at radius 2 is 2.35 bits per heavy atom. The van der Waals surface area contributed by atoms with Crippen LogP contribution in [0, 0.1) is 0 Å². The predicted molar refractivity (Wildman–Crippen MR) is 68.4 cm³/mol. The molecule has 0 aliphatic carbocycles. The minimum atomic E-state index is -0.271. The van der Waals surface area contributed by atoms with E-state index in [0.29, 0.717) is 11.6 Å². The second-order valence-electron chi connectivity index (χ2n) is 4.53. The van der Waals surface area contributed by atoms with Crippen LogP contribution in [0.4, 0.5) is 5.69 Å². The van der Waals surface area contributed by atoms with Gasteiger partial charge in [-0.2, -0.15) is 0 Å². The van der Waals surface area contributed by atoms with E-state index in [1.165, 1.54) is 31.9 Å². The van der Waals surface area contributed by atoms with Gasteiger partial charge in [-0.05, 0) is 37.0 Å². The number of fused-ring (bicyclic) bond motifs is 1. The van der Waals surface area contributed by atoms with Gasteiger partial charge in [0.05, 0.1) is 12.7 Å². The van der Waals surface area contributed by atoms with Crippen molar-refractivity contribution in [3.8, 4) is 0 Å². The molecule has 0 spiro atoms. The number of methoxy groups -OCH3 is 1. The fourth-order valence-corrected chi connectivity index (χ4v) is 2.36. The summed E-state index contributed by atoms with van der Waals surface area (Å²) >= 11 is 0. The Balaban J connectivity index is 2.20. The summed E-state index contributed by atoms with van der Waals surface area (Å²) in [5, 5.41) is 3.51. The number of esters is 1. The second kappa shape index (κ2) is 5.21. The van der Waals surface area contributed by atoms with E-state index in [1.54, 1.807) is 0 Å². The lowest BCUT2D eigenvalue weighted by molar-refractivity contribution is 0.0601. The molecule has 0 radical (unpaired) electrons. The molecule has 0 saturated heterocycles. The maximum Gasteiger partial charge on any atom is 0.337 e. The minimum absolute atomic E-state index is 0.271. The van der Waals surface area contributed by atoms with Crippen molar-refractivity contribution in [2.75, 3.05) is 12.4 Å². The minimum Gasteiger partial charge on any atom is -0.465 e. The summed E-state index contributed by atoms with van der Waals surface area (Å²) in [6.45, 7) is 2.20. The highest BCUT2D eigenvalue weighted by molar-refractivity contribution is 5.90. The lowest BCUT2D eigenvalue weighted by Gasteiger charge is -2.27. The number of hydrogen-bond donors (Lipinski definition) is 1. The average Bonchev–Trinajstić information content (AvgIpc) is 2.37. The zero-order chi connectivity index (χ0) is 12.3. The van der Waals surface area contributed by atoms with Crippen LogP contribution in [0.2, 0.25) is 0 Å². The Morgan fingerprint density at radius 1 is 1.53 bits per heavy atom. The van der Waals surface area contributed by atoms with Gasteiger partial charge in [0, 0.05) is 11.7 Å². The van der Waals surface area contributed by atoms with E-state index in [2.05, 4.69) is 12.2 Å². The molecule has 0 bridgehead atoms. The molecule has 0 aromatic heterocycles. The Kier molecular flexibility index (Phi) is 3.67. The quantitative estimate of drug-likeness (QED) is 0.816. The van der Waals surface area contributed by atoms with Crippen LogP contribution in [-0.2, 0) is 11.2 Å². The first-order valence-corrected chi connectivity index (χ1v) is 6.22. The van der Waals surface area contributed by atoms with E-state index in [9.17, 15) is 4.79 Å². The van der Waals surface area contributed by atoms with Crippen LogP contribution in [0.5, 0.6) is 0 Å². The first-order valence-electron chi connectivity index (χ1n) is 6.22. The Morgan fingerprint density at radius 3 is 3.06 bits per heavy atom. The third kappa shape index (κ3) is 2.60. The maximum atomic E-state index is 11.5. The van der Waals surface area contributed by atoms with Crippen molar-refractivity contribution in [3.63, 3.8) is 0 Å².